The number of halogens is 1. The molecule has 1 aliphatic heterocycles. The Balaban J connectivity index is 1.72. The standard InChI is InChI=1S/C25H19ClN4O4/c1-13-5-8-17-18(10-13)29-25(28-17)30-21(15-4-3-9-27-12-15)20(23(32)24(30)33)22(31)14-6-7-16(26)19(11-14)34-2/h3-12,21,31H,1-2H3,(H,28,29)/b22-20+. The Hall–Kier alpha value is -4.17. The summed E-state index contributed by atoms with van der Waals surface area (Å²) in [5, 5.41) is 11.6. The molecule has 3 heterocycles. The van der Waals surface area contributed by atoms with Crippen LogP contribution in [0.15, 0.2) is 66.5 Å². The van der Waals surface area contributed by atoms with Crippen molar-refractivity contribution >= 4 is 46.0 Å². The van der Waals surface area contributed by atoms with Gasteiger partial charge in [0, 0.05) is 18.0 Å². The molecule has 0 aliphatic carbocycles. The number of rotatable bonds is 4. The van der Waals surface area contributed by atoms with Gasteiger partial charge in [0.05, 0.1) is 34.8 Å². The highest BCUT2D eigenvalue weighted by molar-refractivity contribution is 6.51. The number of nitrogens with one attached hydrogen (secondary N) is 1. The van der Waals surface area contributed by atoms with E-state index in [0.29, 0.717) is 21.9 Å². The van der Waals surface area contributed by atoms with E-state index in [1.165, 1.54) is 18.1 Å². The van der Waals surface area contributed by atoms with Crippen molar-refractivity contribution in [1.29, 1.82) is 0 Å². The number of benzene rings is 2. The minimum Gasteiger partial charge on any atom is -0.507 e. The summed E-state index contributed by atoms with van der Waals surface area (Å²) in [6, 6.07) is 12.7. The van der Waals surface area contributed by atoms with E-state index < -0.39 is 17.7 Å². The molecule has 0 spiro atoms. The molecule has 5 rings (SSSR count). The molecule has 1 saturated heterocycles. The van der Waals surface area contributed by atoms with E-state index in [0.717, 1.165) is 11.1 Å². The van der Waals surface area contributed by atoms with E-state index in [-0.39, 0.29) is 22.8 Å². The Morgan fingerprint density at radius 2 is 2.00 bits per heavy atom. The Kier molecular flexibility index (Phi) is 5.30. The molecule has 9 heteroatoms. The third-order valence-corrected chi connectivity index (χ3v) is 6.03. The average Bonchev–Trinajstić information content (AvgIpc) is 3.37. The fourth-order valence-electron chi connectivity index (χ4n) is 4.09. The molecule has 0 bridgehead atoms. The maximum Gasteiger partial charge on any atom is 0.302 e. The normalized spacial score (nSPS) is 17.5. The van der Waals surface area contributed by atoms with E-state index in [2.05, 4.69) is 15.0 Å². The van der Waals surface area contributed by atoms with Crippen LogP contribution in [0.1, 0.15) is 22.7 Å². The fourth-order valence-corrected chi connectivity index (χ4v) is 4.29. The zero-order valence-electron chi connectivity index (χ0n) is 18.2. The highest BCUT2D eigenvalue weighted by atomic mass is 35.5. The zero-order chi connectivity index (χ0) is 24.0. The molecule has 2 N–H and O–H groups in total. The minimum absolute atomic E-state index is 0.0842. The van der Waals surface area contributed by atoms with E-state index in [1.807, 2.05) is 25.1 Å². The van der Waals surface area contributed by atoms with Crippen molar-refractivity contribution in [2.45, 2.75) is 13.0 Å². The second kappa shape index (κ2) is 8.31. The lowest BCUT2D eigenvalue weighted by Crippen LogP contribution is -2.30. The van der Waals surface area contributed by atoms with Crippen LogP contribution in [0.25, 0.3) is 16.8 Å². The molecule has 170 valence electrons. The topological polar surface area (TPSA) is 108 Å². The van der Waals surface area contributed by atoms with Crippen LogP contribution in [0.2, 0.25) is 5.02 Å². The summed E-state index contributed by atoms with van der Waals surface area (Å²) < 4.78 is 5.24. The number of aromatic nitrogens is 3. The summed E-state index contributed by atoms with van der Waals surface area (Å²) in [5.41, 5.74) is 3.14. The molecule has 1 fully saturated rings. The third-order valence-electron chi connectivity index (χ3n) is 5.72. The number of pyridine rings is 1. The lowest BCUT2D eigenvalue weighted by Gasteiger charge is -2.22. The van der Waals surface area contributed by atoms with Gasteiger partial charge in [-0.1, -0.05) is 23.7 Å². The van der Waals surface area contributed by atoms with Crippen molar-refractivity contribution in [1.82, 2.24) is 15.0 Å². The number of aliphatic hydroxyl groups excluding tert-OH is 1. The molecule has 2 aromatic heterocycles. The van der Waals surface area contributed by atoms with Crippen LogP contribution < -0.4 is 9.64 Å². The number of aromatic amines is 1. The van der Waals surface area contributed by atoms with Gasteiger partial charge in [-0.15, -0.1) is 0 Å². The number of Topliss-reactive ketones (excluding diaryl/α,β-unsaturated/α-hetero) is 1. The molecule has 8 nitrogen and oxygen atoms in total. The van der Waals surface area contributed by atoms with Gasteiger partial charge in [0.25, 0.3) is 5.78 Å². The van der Waals surface area contributed by atoms with Crippen LogP contribution in [0, 0.1) is 6.92 Å². The SMILES string of the molecule is COc1cc(/C(O)=C2\C(=O)C(=O)N(c3nc4ccc(C)cc4[nH]3)C2c2cccnc2)ccc1Cl. The number of nitrogens with zero attached hydrogens (tertiary/aromatic N) is 3. The first-order valence-electron chi connectivity index (χ1n) is 10.4. The number of H-pyrrole nitrogens is 1. The van der Waals surface area contributed by atoms with Crippen LogP contribution in [0.4, 0.5) is 5.95 Å². The summed E-state index contributed by atoms with van der Waals surface area (Å²) in [7, 11) is 1.45. The van der Waals surface area contributed by atoms with Crippen molar-refractivity contribution in [3.05, 3.63) is 88.2 Å². The molecule has 1 unspecified atom stereocenters. The van der Waals surface area contributed by atoms with Crippen LogP contribution in [-0.4, -0.2) is 38.9 Å². The monoisotopic (exact) mass is 474 g/mol. The van der Waals surface area contributed by atoms with Gasteiger partial charge in [-0.2, -0.15) is 0 Å². The van der Waals surface area contributed by atoms with Crippen molar-refractivity contribution < 1.29 is 19.4 Å². The average molecular weight is 475 g/mol. The fraction of sp³-hybridized carbons (Fsp3) is 0.120. The van der Waals surface area contributed by atoms with E-state index in [4.69, 9.17) is 16.3 Å². The molecule has 34 heavy (non-hydrogen) atoms. The number of ketones is 1. The Bertz CT molecular complexity index is 1480. The molecular weight excluding hydrogens is 456 g/mol. The second-order valence-corrected chi connectivity index (χ2v) is 8.29. The summed E-state index contributed by atoms with van der Waals surface area (Å²) >= 11 is 6.12. The van der Waals surface area contributed by atoms with Gasteiger partial charge >= 0.3 is 5.91 Å². The van der Waals surface area contributed by atoms with Gasteiger partial charge in [0.2, 0.25) is 5.95 Å². The Morgan fingerprint density at radius 1 is 1.18 bits per heavy atom. The summed E-state index contributed by atoms with van der Waals surface area (Å²) in [6.07, 6.45) is 3.13. The van der Waals surface area contributed by atoms with Crippen LogP contribution in [0.5, 0.6) is 5.75 Å². The summed E-state index contributed by atoms with van der Waals surface area (Å²) in [4.78, 5) is 39.6. The maximum atomic E-state index is 13.3. The first-order chi connectivity index (χ1) is 16.4. The highest BCUT2D eigenvalue weighted by Gasteiger charge is 2.48. The predicted molar refractivity (Wildman–Crippen MR) is 128 cm³/mol. The van der Waals surface area contributed by atoms with Crippen molar-refractivity contribution in [2.24, 2.45) is 0 Å². The second-order valence-electron chi connectivity index (χ2n) is 7.89. The quantitative estimate of drug-likeness (QED) is 0.255. The number of hydrogen-bond donors (Lipinski definition) is 2. The van der Waals surface area contributed by atoms with E-state index >= 15 is 0 Å². The summed E-state index contributed by atoms with van der Waals surface area (Å²) in [5.74, 6) is -1.48. The van der Waals surface area contributed by atoms with Gasteiger partial charge in [-0.05, 0) is 54.4 Å². The molecule has 1 atom stereocenters. The minimum atomic E-state index is -0.947. The van der Waals surface area contributed by atoms with Crippen molar-refractivity contribution in [2.75, 3.05) is 12.0 Å². The van der Waals surface area contributed by atoms with Gasteiger partial charge in [0.1, 0.15) is 11.5 Å². The van der Waals surface area contributed by atoms with Crippen molar-refractivity contribution in [3.8, 4) is 5.75 Å². The highest BCUT2D eigenvalue weighted by Crippen LogP contribution is 2.42. The van der Waals surface area contributed by atoms with Gasteiger partial charge in [0.15, 0.2) is 0 Å². The maximum absolute atomic E-state index is 13.3. The number of hydrogen-bond acceptors (Lipinski definition) is 6. The molecule has 0 radical (unpaired) electrons. The molecule has 1 amide bonds. The Labute approximate surface area is 199 Å². The molecule has 1 aliphatic rings. The number of anilines is 1. The van der Waals surface area contributed by atoms with E-state index in [1.54, 1.807) is 36.7 Å². The number of carbonyl (C=O) groups excluding carboxylic acids is 2. The summed E-state index contributed by atoms with van der Waals surface area (Å²) in [6.45, 7) is 1.95. The smallest absolute Gasteiger partial charge is 0.302 e. The lowest BCUT2D eigenvalue weighted by atomic mass is 9.96. The third kappa shape index (κ3) is 3.48. The number of fused-ring (bicyclic) bond motifs is 1. The van der Waals surface area contributed by atoms with Crippen LogP contribution >= 0.6 is 11.6 Å². The predicted octanol–water partition coefficient (Wildman–Crippen LogP) is 4.55. The first-order valence-corrected chi connectivity index (χ1v) is 10.8. The number of amides is 1. The van der Waals surface area contributed by atoms with Crippen molar-refractivity contribution in [3.63, 3.8) is 0 Å². The Morgan fingerprint density at radius 3 is 2.74 bits per heavy atom. The van der Waals surface area contributed by atoms with Gasteiger partial charge in [-0.3, -0.25) is 19.5 Å². The number of ether oxygens (including phenoxy) is 1. The number of aryl methyl sites for hydroxylation is 1. The zero-order valence-corrected chi connectivity index (χ0v) is 19.0. The number of imidazole rings is 1. The molecule has 0 saturated carbocycles. The number of aliphatic hydroxyl groups is 1. The molecule has 2 aromatic carbocycles. The van der Waals surface area contributed by atoms with Gasteiger partial charge < -0.3 is 14.8 Å². The number of carbonyl (C=O) groups is 2. The van der Waals surface area contributed by atoms with Gasteiger partial charge in [-0.25, -0.2) is 4.98 Å². The van der Waals surface area contributed by atoms with Crippen LogP contribution in [0.3, 0.4) is 0 Å². The first kappa shape index (κ1) is 21.7. The van der Waals surface area contributed by atoms with E-state index in [9.17, 15) is 14.7 Å². The molecular formula is C25H19ClN4O4. The largest absolute Gasteiger partial charge is 0.507 e. The van der Waals surface area contributed by atoms with Crippen LogP contribution in [-0.2, 0) is 9.59 Å². The lowest BCUT2D eigenvalue weighted by molar-refractivity contribution is -0.132. The molecule has 4 aromatic rings. The number of methoxy groups -OCH3 is 1.